The second kappa shape index (κ2) is 9.87. The number of ether oxygens (including phenoxy) is 1. The predicted molar refractivity (Wildman–Crippen MR) is 124 cm³/mol. The number of rotatable bonds is 6. The number of benzene rings is 1. The number of hydrogen-bond donors (Lipinski definition) is 0. The summed E-state index contributed by atoms with van der Waals surface area (Å²) in [4.78, 5) is 5.26. The molecule has 0 bridgehead atoms. The summed E-state index contributed by atoms with van der Waals surface area (Å²) >= 11 is 0. The van der Waals surface area contributed by atoms with E-state index >= 15 is 0 Å². The molecule has 6 nitrogen and oxygen atoms in total. The van der Waals surface area contributed by atoms with Gasteiger partial charge in [-0.2, -0.15) is 0 Å². The monoisotopic (exact) mass is 449 g/mol. The third-order valence-electron chi connectivity index (χ3n) is 7.23. The van der Waals surface area contributed by atoms with E-state index < -0.39 is 10.0 Å². The van der Waals surface area contributed by atoms with Crippen LogP contribution in [0.3, 0.4) is 0 Å². The molecule has 1 atom stereocenters. The molecule has 1 aromatic rings. The van der Waals surface area contributed by atoms with Gasteiger partial charge in [0.05, 0.1) is 11.4 Å². The second-order valence-electron chi connectivity index (χ2n) is 10.0. The van der Waals surface area contributed by atoms with E-state index in [1.807, 2.05) is 30.3 Å². The van der Waals surface area contributed by atoms with Crippen LogP contribution >= 0.6 is 0 Å². The van der Waals surface area contributed by atoms with Crippen LogP contribution in [0, 0.1) is 5.92 Å². The number of piperazine rings is 1. The van der Waals surface area contributed by atoms with Crippen molar-refractivity contribution in [2.24, 2.45) is 5.92 Å². The smallest absolute Gasteiger partial charge is 0.218 e. The SMILES string of the molecule is CC(C)CN1CCN(C2CCOC3(CCN(S(=O)(=O)Cc4ccccc4)CC3)C2)CC1. The van der Waals surface area contributed by atoms with Crippen molar-refractivity contribution in [2.75, 3.05) is 52.4 Å². The van der Waals surface area contributed by atoms with Gasteiger partial charge in [0.25, 0.3) is 0 Å². The van der Waals surface area contributed by atoms with Gasteiger partial charge in [-0.05, 0) is 37.2 Å². The summed E-state index contributed by atoms with van der Waals surface area (Å²) in [6.45, 7) is 12.3. The van der Waals surface area contributed by atoms with Gasteiger partial charge in [-0.15, -0.1) is 0 Å². The predicted octanol–water partition coefficient (Wildman–Crippen LogP) is 2.80. The Hall–Kier alpha value is -0.990. The minimum atomic E-state index is -3.28. The number of piperidine rings is 1. The highest BCUT2D eigenvalue weighted by Crippen LogP contribution is 2.37. The van der Waals surface area contributed by atoms with E-state index in [0.29, 0.717) is 19.1 Å². The van der Waals surface area contributed by atoms with Crippen molar-refractivity contribution in [3.63, 3.8) is 0 Å². The van der Waals surface area contributed by atoms with E-state index in [9.17, 15) is 8.42 Å². The van der Waals surface area contributed by atoms with Gasteiger partial charge in [0.2, 0.25) is 10.0 Å². The first-order valence-corrected chi connectivity index (χ1v) is 13.6. The maximum Gasteiger partial charge on any atom is 0.218 e. The van der Waals surface area contributed by atoms with Crippen molar-refractivity contribution in [1.82, 2.24) is 14.1 Å². The van der Waals surface area contributed by atoms with Gasteiger partial charge in [0.15, 0.2) is 0 Å². The third-order valence-corrected chi connectivity index (χ3v) is 9.08. The van der Waals surface area contributed by atoms with Gasteiger partial charge in [0.1, 0.15) is 0 Å². The maximum absolute atomic E-state index is 12.9. The number of nitrogens with zero attached hydrogens (tertiary/aromatic N) is 3. The highest BCUT2D eigenvalue weighted by atomic mass is 32.2. The van der Waals surface area contributed by atoms with Crippen LogP contribution in [0.15, 0.2) is 30.3 Å². The quantitative estimate of drug-likeness (QED) is 0.669. The molecule has 3 aliphatic heterocycles. The third kappa shape index (κ3) is 5.88. The van der Waals surface area contributed by atoms with Gasteiger partial charge in [-0.1, -0.05) is 44.2 Å². The van der Waals surface area contributed by atoms with Gasteiger partial charge in [0, 0.05) is 58.5 Å². The molecule has 0 radical (unpaired) electrons. The Bertz CT molecular complexity index is 799. The molecule has 0 amide bonds. The van der Waals surface area contributed by atoms with Crippen LogP contribution < -0.4 is 0 Å². The van der Waals surface area contributed by atoms with Gasteiger partial charge >= 0.3 is 0 Å². The Morgan fingerprint density at radius 1 is 1.03 bits per heavy atom. The lowest BCUT2D eigenvalue weighted by Gasteiger charge is -2.49. The lowest BCUT2D eigenvalue weighted by atomic mass is 9.82. The number of sulfonamides is 1. The summed E-state index contributed by atoms with van der Waals surface area (Å²) in [5, 5.41) is 0. The standard InChI is InChI=1S/C24H39N3O3S/c1-21(2)19-25-13-15-26(16-14-25)23-8-17-30-24(18-23)9-11-27(12-10-24)31(28,29)20-22-6-4-3-5-7-22/h3-7,21,23H,8-20H2,1-2H3. The molecule has 0 N–H and O–H groups in total. The molecule has 3 aliphatic rings. The lowest BCUT2D eigenvalue weighted by Crippen LogP contribution is -2.57. The molecule has 1 unspecified atom stereocenters. The highest BCUT2D eigenvalue weighted by Gasteiger charge is 2.44. The van der Waals surface area contributed by atoms with Gasteiger partial charge in [-0.25, -0.2) is 12.7 Å². The number of hydrogen-bond acceptors (Lipinski definition) is 5. The molecular formula is C24H39N3O3S. The fourth-order valence-corrected chi connectivity index (χ4v) is 7.07. The molecule has 4 rings (SSSR count). The molecular weight excluding hydrogens is 410 g/mol. The molecule has 3 fully saturated rings. The van der Waals surface area contributed by atoms with Crippen molar-refractivity contribution in [3.8, 4) is 0 Å². The van der Waals surface area contributed by atoms with Crippen LogP contribution in [0.1, 0.15) is 45.1 Å². The molecule has 1 aromatic carbocycles. The van der Waals surface area contributed by atoms with E-state index in [1.165, 1.54) is 6.54 Å². The minimum Gasteiger partial charge on any atom is -0.375 e. The summed E-state index contributed by atoms with van der Waals surface area (Å²) in [6.07, 6.45) is 3.77. The molecule has 7 heteroatoms. The Morgan fingerprint density at radius 2 is 1.71 bits per heavy atom. The summed E-state index contributed by atoms with van der Waals surface area (Å²) in [5.41, 5.74) is 0.713. The average molecular weight is 450 g/mol. The molecule has 174 valence electrons. The van der Waals surface area contributed by atoms with Crippen LogP contribution in [-0.4, -0.2) is 86.6 Å². The van der Waals surface area contributed by atoms with Gasteiger partial charge in [-0.3, -0.25) is 4.90 Å². The first-order chi connectivity index (χ1) is 14.9. The van der Waals surface area contributed by atoms with Crippen molar-refractivity contribution in [1.29, 1.82) is 0 Å². The first-order valence-electron chi connectivity index (χ1n) is 12.0. The van der Waals surface area contributed by atoms with Gasteiger partial charge < -0.3 is 9.64 Å². The van der Waals surface area contributed by atoms with E-state index in [0.717, 1.165) is 70.0 Å². The first kappa shape index (κ1) is 23.2. The van der Waals surface area contributed by atoms with Crippen molar-refractivity contribution < 1.29 is 13.2 Å². The van der Waals surface area contributed by atoms with Crippen molar-refractivity contribution in [3.05, 3.63) is 35.9 Å². The largest absolute Gasteiger partial charge is 0.375 e. The zero-order chi connectivity index (χ0) is 21.9. The van der Waals surface area contributed by atoms with Crippen molar-refractivity contribution >= 4 is 10.0 Å². The molecule has 3 saturated heterocycles. The Labute approximate surface area is 188 Å². The molecule has 31 heavy (non-hydrogen) atoms. The molecule has 0 saturated carbocycles. The van der Waals surface area contributed by atoms with Crippen molar-refractivity contribution in [2.45, 2.75) is 56.9 Å². The summed E-state index contributed by atoms with van der Waals surface area (Å²) in [7, 11) is -3.28. The minimum absolute atomic E-state index is 0.0883. The topological polar surface area (TPSA) is 53.1 Å². The van der Waals surface area contributed by atoms with Crippen LogP contribution in [-0.2, 0) is 20.5 Å². The normalized spacial score (nSPS) is 26.5. The molecule has 1 spiro atoms. The van der Waals surface area contributed by atoms with E-state index in [2.05, 4.69) is 23.6 Å². The van der Waals surface area contributed by atoms with Crippen LogP contribution in [0.2, 0.25) is 0 Å². The summed E-state index contributed by atoms with van der Waals surface area (Å²) < 4.78 is 33.8. The second-order valence-corrected chi connectivity index (χ2v) is 12.0. The Morgan fingerprint density at radius 3 is 2.35 bits per heavy atom. The van der Waals surface area contributed by atoms with Crippen LogP contribution in [0.4, 0.5) is 0 Å². The van der Waals surface area contributed by atoms with Crippen LogP contribution in [0.25, 0.3) is 0 Å². The fourth-order valence-electron chi connectivity index (χ4n) is 5.54. The highest BCUT2D eigenvalue weighted by molar-refractivity contribution is 7.88. The lowest BCUT2D eigenvalue weighted by molar-refractivity contribution is -0.130. The van der Waals surface area contributed by atoms with E-state index in [1.54, 1.807) is 4.31 Å². The van der Waals surface area contributed by atoms with E-state index in [-0.39, 0.29) is 11.4 Å². The molecule has 3 heterocycles. The zero-order valence-electron chi connectivity index (χ0n) is 19.2. The summed E-state index contributed by atoms with van der Waals surface area (Å²) in [6, 6.07) is 10.1. The fraction of sp³-hybridized carbons (Fsp3) is 0.750. The summed E-state index contributed by atoms with van der Waals surface area (Å²) in [5.74, 6) is 0.812. The van der Waals surface area contributed by atoms with Crippen LogP contribution in [0.5, 0.6) is 0 Å². The Kier molecular flexibility index (Phi) is 7.38. The molecule has 0 aliphatic carbocycles. The zero-order valence-corrected chi connectivity index (χ0v) is 20.0. The maximum atomic E-state index is 12.9. The van der Waals surface area contributed by atoms with E-state index in [4.69, 9.17) is 4.74 Å². The Balaban J connectivity index is 1.30. The molecule has 0 aromatic heterocycles. The average Bonchev–Trinajstić information content (AvgIpc) is 2.75.